The maximum absolute atomic E-state index is 13.1. The molecule has 1 saturated carbocycles. The number of cyclic esters (lactones) is 1. The van der Waals surface area contributed by atoms with Crippen LogP contribution >= 0.6 is 0 Å². The van der Waals surface area contributed by atoms with Gasteiger partial charge < -0.3 is 14.5 Å². The first-order chi connectivity index (χ1) is 12.5. The number of esters is 1. The Kier molecular flexibility index (Phi) is 3.24. The average Bonchev–Trinajstić information content (AvgIpc) is 3.22. The van der Waals surface area contributed by atoms with E-state index in [1.165, 1.54) is 0 Å². The molecule has 0 N–H and O–H groups in total. The molecule has 26 heavy (non-hydrogen) atoms. The van der Waals surface area contributed by atoms with Gasteiger partial charge in [0.05, 0.1) is 17.6 Å². The fourth-order valence-corrected chi connectivity index (χ4v) is 4.58. The standard InChI is InChI=1S/C20H22N2O4/c1-20(6-7-20)19(25)21-9-14-4-5-15(10-21)22(14)17(23)12-2-3-13-11-26-18(24)16(13)8-12/h2-3,8,14-15H,4-7,9-11H2,1H3. The molecule has 2 unspecified atom stereocenters. The molecule has 3 heterocycles. The highest BCUT2D eigenvalue weighted by Gasteiger charge is 2.51. The number of fused-ring (bicyclic) bond motifs is 3. The number of rotatable bonds is 2. The predicted octanol–water partition coefficient (Wildman–Crippen LogP) is 1.97. The summed E-state index contributed by atoms with van der Waals surface area (Å²) < 4.78 is 5.03. The third-order valence-corrected chi connectivity index (χ3v) is 6.46. The van der Waals surface area contributed by atoms with Crippen LogP contribution in [-0.2, 0) is 16.1 Å². The van der Waals surface area contributed by atoms with Gasteiger partial charge in [-0.15, -0.1) is 0 Å². The van der Waals surface area contributed by atoms with Crippen LogP contribution in [0.25, 0.3) is 0 Å². The lowest BCUT2D eigenvalue weighted by molar-refractivity contribution is -0.139. The molecule has 3 fully saturated rings. The van der Waals surface area contributed by atoms with Crippen LogP contribution in [0.1, 0.15) is 58.9 Å². The van der Waals surface area contributed by atoms with Crippen LogP contribution in [0, 0.1) is 5.41 Å². The number of amides is 2. The summed E-state index contributed by atoms with van der Waals surface area (Å²) >= 11 is 0. The van der Waals surface area contributed by atoms with E-state index in [4.69, 9.17) is 4.74 Å². The highest BCUT2D eigenvalue weighted by atomic mass is 16.5. The van der Waals surface area contributed by atoms with Crippen LogP contribution in [0.5, 0.6) is 0 Å². The number of hydrogen-bond acceptors (Lipinski definition) is 4. The van der Waals surface area contributed by atoms with Crippen molar-refractivity contribution in [1.82, 2.24) is 9.80 Å². The number of hydrogen-bond donors (Lipinski definition) is 0. The third kappa shape index (κ3) is 2.27. The Bertz CT molecular complexity index is 815. The molecule has 136 valence electrons. The predicted molar refractivity (Wildman–Crippen MR) is 92.5 cm³/mol. The quantitative estimate of drug-likeness (QED) is 0.762. The van der Waals surface area contributed by atoms with Gasteiger partial charge in [-0.3, -0.25) is 9.59 Å². The first-order valence-electron chi connectivity index (χ1n) is 9.38. The summed E-state index contributed by atoms with van der Waals surface area (Å²) in [4.78, 5) is 41.5. The van der Waals surface area contributed by atoms with E-state index in [9.17, 15) is 14.4 Å². The average molecular weight is 354 g/mol. The molecule has 2 atom stereocenters. The SMILES string of the molecule is CC1(C(=O)N2CC3CCC(C2)N3C(=O)c2ccc3c(c2)C(=O)OC3)CC1. The summed E-state index contributed by atoms with van der Waals surface area (Å²) in [5, 5.41) is 0. The minimum Gasteiger partial charge on any atom is -0.457 e. The highest BCUT2D eigenvalue weighted by Crippen LogP contribution is 2.47. The van der Waals surface area contributed by atoms with Gasteiger partial charge in [-0.05, 0) is 37.8 Å². The van der Waals surface area contributed by atoms with Gasteiger partial charge in [0, 0.05) is 29.6 Å². The second kappa shape index (κ2) is 5.32. The van der Waals surface area contributed by atoms with Gasteiger partial charge in [0.25, 0.3) is 5.91 Å². The zero-order valence-corrected chi connectivity index (χ0v) is 14.9. The Morgan fingerprint density at radius 1 is 1.15 bits per heavy atom. The van der Waals surface area contributed by atoms with Crippen molar-refractivity contribution in [3.63, 3.8) is 0 Å². The number of ether oxygens (including phenoxy) is 1. The minimum atomic E-state index is -0.356. The van der Waals surface area contributed by atoms with Crippen molar-refractivity contribution in [2.75, 3.05) is 13.1 Å². The molecule has 5 rings (SSSR count). The summed E-state index contributed by atoms with van der Waals surface area (Å²) in [5.41, 5.74) is 1.71. The van der Waals surface area contributed by atoms with E-state index in [-0.39, 0.29) is 41.9 Å². The molecule has 3 aliphatic heterocycles. The van der Waals surface area contributed by atoms with Gasteiger partial charge in [0.2, 0.25) is 5.91 Å². The molecule has 1 aromatic rings. The van der Waals surface area contributed by atoms with Gasteiger partial charge in [-0.25, -0.2) is 4.79 Å². The molecule has 0 aromatic heterocycles. The lowest BCUT2D eigenvalue weighted by Gasteiger charge is -2.42. The molecule has 6 heteroatoms. The molecule has 2 saturated heterocycles. The Balaban J connectivity index is 1.37. The molecule has 2 amide bonds. The number of piperazine rings is 1. The second-order valence-electron chi connectivity index (χ2n) is 8.32. The summed E-state index contributed by atoms with van der Waals surface area (Å²) in [6.07, 6.45) is 3.82. The van der Waals surface area contributed by atoms with Gasteiger partial charge in [-0.1, -0.05) is 13.0 Å². The maximum atomic E-state index is 13.1. The molecular weight excluding hydrogens is 332 g/mol. The van der Waals surface area contributed by atoms with Gasteiger partial charge in [-0.2, -0.15) is 0 Å². The van der Waals surface area contributed by atoms with Crippen molar-refractivity contribution in [3.05, 3.63) is 34.9 Å². The van der Waals surface area contributed by atoms with Crippen LogP contribution in [0.15, 0.2) is 18.2 Å². The van der Waals surface area contributed by atoms with Crippen molar-refractivity contribution in [1.29, 1.82) is 0 Å². The summed E-state index contributed by atoms with van der Waals surface area (Å²) in [6.45, 7) is 3.58. The number of nitrogens with zero attached hydrogens (tertiary/aromatic N) is 2. The van der Waals surface area contributed by atoms with Crippen LogP contribution < -0.4 is 0 Å². The van der Waals surface area contributed by atoms with Crippen molar-refractivity contribution < 1.29 is 19.1 Å². The van der Waals surface area contributed by atoms with E-state index in [1.807, 2.05) is 22.8 Å². The summed E-state index contributed by atoms with van der Waals surface area (Å²) in [5.74, 6) is -0.141. The Morgan fingerprint density at radius 2 is 1.85 bits per heavy atom. The number of carbonyl (C=O) groups is 3. The van der Waals surface area contributed by atoms with E-state index < -0.39 is 0 Å². The molecule has 0 radical (unpaired) electrons. The summed E-state index contributed by atoms with van der Waals surface area (Å²) in [7, 11) is 0. The highest BCUT2D eigenvalue weighted by molar-refractivity contribution is 6.00. The smallest absolute Gasteiger partial charge is 0.338 e. The molecule has 2 bridgehead atoms. The minimum absolute atomic E-state index is 0.0373. The second-order valence-corrected chi connectivity index (χ2v) is 8.32. The van der Waals surface area contributed by atoms with Crippen molar-refractivity contribution in [2.45, 2.75) is 51.3 Å². The molecule has 1 aromatic carbocycles. The number of carbonyl (C=O) groups excluding carboxylic acids is 3. The molecule has 4 aliphatic rings. The largest absolute Gasteiger partial charge is 0.457 e. The topological polar surface area (TPSA) is 66.9 Å². The monoisotopic (exact) mass is 354 g/mol. The Labute approximate surface area is 152 Å². The van der Waals surface area contributed by atoms with Crippen LogP contribution in [0.4, 0.5) is 0 Å². The Morgan fingerprint density at radius 3 is 2.50 bits per heavy atom. The van der Waals surface area contributed by atoms with Crippen molar-refractivity contribution >= 4 is 17.8 Å². The van der Waals surface area contributed by atoms with Gasteiger partial charge in [0.15, 0.2) is 0 Å². The zero-order valence-electron chi connectivity index (χ0n) is 14.9. The lowest BCUT2D eigenvalue weighted by atomic mass is 10.0. The Hall–Kier alpha value is -2.37. The first-order valence-corrected chi connectivity index (χ1v) is 9.38. The van der Waals surface area contributed by atoms with Crippen molar-refractivity contribution in [3.8, 4) is 0 Å². The zero-order chi connectivity index (χ0) is 18.1. The number of benzene rings is 1. The van der Waals surface area contributed by atoms with E-state index in [2.05, 4.69) is 0 Å². The van der Waals surface area contributed by atoms with Gasteiger partial charge >= 0.3 is 5.97 Å². The summed E-state index contributed by atoms with van der Waals surface area (Å²) in [6, 6.07) is 5.41. The molecule has 0 spiro atoms. The fraction of sp³-hybridized carbons (Fsp3) is 0.550. The van der Waals surface area contributed by atoms with E-state index in [0.717, 1.165) is 31.2 Å². The third-order valence-electron chi connectivity index (χ3n) is 6.46. The normalized spacial score (nSPS) is 28.0. The van der Waals surface area contributed by atoms with Gasteiger partial charge in [0.1, 0.15) is 6.61 Å². The van der Waals surface area contributed by atoms with E-state index in [0.29, 0.717) is 24.2 Å². The molecule has 6 nitrogen and oxygen atoms in total. The fourth-order valence-electron chi connectivity index (χ4n) is 4.58. The molecule has 1 aliphatic carbocycles. The first kappa shape index (κ1) is 15.9. The molecular formula is C20H22N2O4. The van der Waals surface area contributed by atoms with Crippen LogP contribution in [0.3, 0.4) is 0 Å². The van der Waals surface area contributed by atoms with Crippen molar-refractivity contribution in [2.24, 2.45) is 5.41 Å². The van der Waals surface area contributed by atoms with Crippen LogP contribution in [-0.4, -0.2) is 52.8 Å². The lowest BCUT2D eigenvalue weighted by Crippen LogP contribution is -2.58. The van der Waals surface area contributed by atoms with Crippen LogP contribution in [0.2, 0.25) is 0 Å². The van der Waals surface area contributed by atoms with E-state index >= 15 is 0 Å². The maximum Gasteiger partial charge on any atom is 0.338 e. The number of likely N-dealkylation sites (tertiary alicyclic amines) is 1. The van der Waals surface area contributed by atoms with E-state index in [1.54, 1.807) is 12.1 Å².